The summed E-state index contributed by atoms with van der Waals surface area (Å²) in [5.74, 6) is 0.928. The van der Waals surface area contributed by atoms with Gasteiger partial charge in [0.05, 0.1) is 24.6 Å². The molecule has 0 bridgehead atoms. The van der Waals surface area contributed by atoms with E-state index in [4.69, 9.17) is 0 Å². The van der Waals surface area contributed by atoms with Gasteiger partial charge in [0, 0.05) is 24.5 Å². The molecule has 4 rings (SSSR count). The Hall–Kier alpha value is -2.96. The van der Waals surface area contributed by atoms with E-state index in [1.54, 1.807) is 17.1 Å². The van der Waals surface area contributed by atoms with Gasteiger partial charge in [0.2, 0.25) is 0 Å². The molecule has 1 aliphatic carbocycles. The molecule has 2 aromatic rings. The van der Waals surface area contributed by atoms with Gasteiger partial charge in [-0.25, -0.2) is 4.98 Å². The molecule has 0 atom stereocenters. The summed E-state index contributed by atoms with van der Waals surface area (Å²) in [6.07, 6.45) is 7.68. The van der Waals surface area contributed by atoms with Crippen LogP contribution < -0.4 is 10.6 Å². The van der Waals surface area contributed by atoms with Crippen LogP contribution in [0.5, 0.6) is 0 Å². The fourth-order valence-corrected chi connectivity index (χ4v) is 2.77. The molecule has 1 saturated carbocycles. The van der Waals surface area contributed by atoms with Crippen LogP contribution in [0.15, 0.2) is 41.4 Å². The second kappa shape index (κ2) is 6.16. The van der Waals surface area contributed by atoms with Crippen molar-refractivity contribution < 1.29 is 4.79 Å². The minimum absolute atomic E-state index is 0.225. The van der Waals surface area contributed by atoms with Crippen LogP contribution in [-0.4, -0.2) is 32.9 Å². The Morgan fingerprint density at radius 3 is 2.84 bits per heavy atom. The summed E-state index contributed by atoms with van der Waals surface area (Å²) in [6, 6.07) is 3.86. The van der Waals surface area contributed by atoms with Crippen molar-refractivity contribution in [1.29, 1.82) is 0 Å². The second-order valence-corrected chi connectivity index (χ2v) is 6.51. The first-order chi connectivity index (χ1) is 12.1. The largest absolute Gasteiger partial charge is 0.374 e. The molecule has 0 saturated heterocycles. The average Bonchev–Trinajstić information content (AvgIpc) is 3.38. The molecule has 0 spiro atoms. The molecule has 1 amide bonds. The maximum atomic E-state index is 12.5. The van der Waals surface area contributed by atoms with Crippen molar-refractivity contribution in [3.8, 4) is 11.3 Å². The van der Waals surface area contributed by atoms with E-state index in [1.165, 1.54) is 12.8 Å². The summed E-state index contributed by atoms with van der Waals surface area (Å²) in [6.45, 7) is 2.56. The molecule has 7 heteroatoms. The monoisotopic (exact) mass is 336 g/mol. The molecule has 2 aromatic heterocycles. The molecule has 0 radical (unpaired) electrons. The third-order valence-electron chi connectivity index (χ3n) is 4.44. The highest BCUT2D eigenvalue weighted by Crippen LogP contribution is 2.31. The Morgan fingerprint density at radius 1 is 1.36 bits per heavy atom. The third-order valence-corrected chi connectivity index (χ3v) is 4.44. The van der Waals surface area contributed by atoms with Crippen molar-refractivity contribution in [3.05, 3.63) is 42.0 Å². The number of hydrogen-bond acceptors (Lipinski definition) is 5. The zero-order valence-corrected chi connectivity index (χ0v) is 14.3. The Kier molecular flexibility index (Phi) is 3.83. The van der Waals surface area contributed by atoms with Gasteiger partial charge < -0.3 is 10.6 Å². The first-order valence-corrected chi connectivity index (χ1v) is 8.39. The number of pyridine rings is 1. The normalized spacial score (nSPS) is 16.7. The average molecular weight is 336 g/mol. The van der Waals surface area contributed by atoms with E-state index in [-0.39, 0.29) is 5.91 Å². The maximum Gasteiger partial charge on any atom is 0.274 e. The Morgan fingerprint density at radius 2 is 2.20 bits per heavy atom. The molecule has 0 aromatic carbocycles. The van der Waals surface area contributed by atoms with Crippen LogP contribution in [0.2, 0.25) is 0 Å². The highest BCUT2D eigenvalue weighted by atomic mass is 16.2. The molecule has 1 aliphatic heterocycles. The highest BCUT2D eigenvalue weighted by Gasteiger charge is 2.29. The van der Waals surface area contributed by atoms with Crippen LogP contribution in [0, 0.1) is 12.8 Å². The van der Waals surface area contributed by atoms with E-state index in [0.717, 1.165) is 22.5 Å². The van der Waals surface area contributed by atoms with Crippen molar-refractivity contribution in [3.63, 3.8) is 0 Å². The first kappa shape index (κ1) is 15.6. The quantitative estimate of drug-likeness (QED) is 0.895. The van der Waals surface area contributed by atoms with Crippen molar-refractivity contribution in [2.75, 3.05) is 11.9 Å². The smallest absolute Gasteiger partial charge is 0.274 e. The molecule has 2 N–H and O–H groups in total. The number of carbonyl (C=O) groups excluding carboxylic acids is 1. The minimum atomic E-state index is -0.225. The van der Waals surface area contributed by atoms with Crippen LogP contribution in [0.25, 0.3) is 11.3 Å². The van der Waals surface area contributed by atoms with Gasteiger partial charge in [0.15, 0.2) is 0 Å². The standard InChI is InChI=1S/C18H20N6O/c1-11-3-6-14(13-7-21-24(2)10-13)22-17(11)23-18(25)16-9-19-15(8-20-16)12-4-5-12/h3,6-7,9-10,12,20H,4-5,8H2,1-2H3,(H,22,23,25). The Bertz CT molecular complexity index is 891. The van der Waals surface area contributed by atoms with Gasteiger partial charge >= 0.3 is 0 Å². The lowest BCUT2D eigenvalue weighted by molar-refractivity contribution is -0.113. The SMILES string of the molecule is Cc1ccc(-c2cnn(C)c2)nc1NC(=O)C1=CN=C(C2CC2)CN1. The molecular weight excluding hydrogens is 316 g/mol. The van der Waals surface area contributed by atoms with Crippen LogP contribution in [0.4, 0.5) is 5.82 Å². The van der Waals surface area contributed by atoms with Gasteiger partial charge in [-0.05, 0) is 37.3 Å². The number of nitrogens with zero attached hydrogens (tertiary/aromatic N) is 4. The fraction of sp³-hybridized carbons (Fsp3) is 0.333. The number of carbonyl (C=O) groups is 1. The molecule has 0 unspecified atom stereocenters. The number of aliphatic imine (C=N–C) groups is 1. The summed E-state index contributed by atoms with van der Waals surface area (Å²) in [5, 5.41) is 10.2. The van der Waals surface area contributed by atoms with E-state index in [9.17, 15) is 4.79 Å². The van der Waals surface area contributed by atoms with E-state index in [1.807, 2.05) is 32.3 Å². The van der Waals surface area contributed by atoms with Crippen molar-refractivity contribution >= 4 is 17.4 Å². The number of aromatic nitrogens is 3. The van der Waals surface area contributed by atoms with Gasteiger partial charge in [0.25, 0.3) is 5.91 Å². The lowest BCUT2D eigenvalue weighted by atomic mass is 10.2. The predicted octanol–water partition coefficient (Wildman–Crippen LogP) is 2.02. The van der Waals surface area contributed by atoms with Gasteiger partial charge in [-0.2, -0.15) is 5.10 Å². The number of aryl methyl sites for hydroxylation is 2. The maximum absolute atomic E-state index is 12.5. The molecule has 7 nitrogen and oxygen atoms in total. The van der Waals surface area contributed by atoms with Gasteiger partial charge in [0.1, 0.15) is 11.5 Å². The number of rotatable bonds is 4. The number of nitrogens with one attached hydrogen (secondary N) is 2. The van der Waals surface area contributed by atoms with E-state index in [0.29, 0.717) is 24.0 Å². The van der Waals surface area contributed by atoms with Crippen molar-refractivity contribution in [1.82, 2.24) is 20.1 Å². The Labute approximate surface area is 145 Å². The minimum Gasteiger partial charge on any atom is -0.374 e. The molecule has 128 valence electrons. The van der Waals surface area contributed by atoms with Crippen LogP contribution in [0.3, 0.4) is 0 Å². The number of anilines is 1. The van der Waals surface area contributed by atoms with Gasteiger partial charge in [-0.15, -0.1) is 0 Å². The first-order valence-electron chi connectivity index (χ1n) is 8.39. The summed E-state index contributed by atoms with van der Waals surface area (Å²) < 4.78 is 1.72. The topological polar surface area (TPSA) is 84.2 Å². The predicted molar refractivity (Wildman–Crippen MR) is 96.1 cm³/mol. The fourth-order valence-electron chi connectivity index (χ4n) is 2.77. The van der Waals surface area contributed by atoms with Crippen molar-refractivity contribution in [2.45, 2.75) is 19.8 Å². The highest BCUT2D eigenvalue weighted by molar-refractivity contribution is 6.05. The molecule has 1 fully saturated rings. The van der Waals surface area contributed by atoms with Crippen LogP contribution >= 0.6 is 0 Å². The lowest BCUT2D eigenvalue weighted by Crippen LogP contribution is -2.33. The molecule has 3 heterocycles. The van der Waals surface area contributed by atoms with E-state index < -0.39 is 0 Å². The van der Waals surface area contributed by atoms with Crippen LogP contribution in [0.1, 0.15) is 18.4 Å². The molecule has 2 aliphatic rings. The third kappa shape index (κ3) is 3.31. The molecule has 25 heavy (non-hydrogen) atoms. The zero-order chi connectivity index (χ0) is 17.4. The van der Waals surface area contributed by atoms with Crippen molar-refractivity contribution in [2.24, 2.45) is 18.0 Å². The summed E-state index contributed by atoms with van der Waals surface area (Å²) >= 11 is 0. The number of hydrogen-bond donors (Lipinski definition) is 2. The van der Waals surface area contributed by atoms with E-state index in [2.05, 4.69) is 25.7 Å². The summed E-state index contributed by atoms with van der Waals surface area (Å²) in [7, 11) is 1.86. The molecular formula is C18H20N6O. The number of amides is 1. The van der Waals surface area contributed by atoms with Gasteiger partial charge in [-0.1, -0.05) is 6.07 Å². The van der Waals surface area contributed by atoms with Gasteiger partial charge in [-0.3, -0.25) is 14.5 Å². The summed E-state index contributed by atoms with van der Waals surface area (Å²) in [4.78, 5) is 21.5. The lowest BCUT2D eigenvalue weighted by Gasteiger charge is -2.16. The van der Waals surface area contributed by atoms with Crippen LogP contribution in [-0.2, 0) is 11.8 Å². The Balaban J connectivity index is 1.53. The summed E-state index contributed by atoms with van der Waals surface area (Å²) in [5.41, 5.74) is 4.20. The zero-order valence-electron chi connectivity index (χ0n) is 14.3. The second-order valence-electron chi connectivity index (χ2n) is 6.51. The van der Waals surface area contributed by atoms with E-state index >= 15 is 0 Å².